The summed E-state index contributed by atoms with van der Waals surface area (Å²) in [4.78, 5) is 24.6. The molecular formula is C19H16N6O3. The number of benzene rings is 1. The number of aromatic nitrogens is 5. The van der Waals surface area contributed by atoms with Gasteiger partial charge in [0.15, 0.2) is 0 Å². The summed E-state index contributed by atoms with van der Waals surface area (Å²) in [5, 5.41) is 6.22. The van der Waals surface area contributed by atoms with E-state index in [0.717, 1.165) is 11.4 Å². The van der Waals surface area contributed by atoms with Crippen molar-refractivity contribution in [1.82, 2.24) is 24.7 Å². The van der Waals surface area contributed by atoms with Crippen molar-refractivity contribution in [3.8, 4) is 17.4 Å². The summed E-state index contributed by atoms with van der Waals surface area (Å²) in [6.07, 6.45) is 4.56. The van der Waals surface area contributed by atoms with Crippen LogP contribution in [0.3, 0.4) is 0 Å². The molecule has 9 heteroatoms. The molecule has 4 aromatic rings. The van der Waals surface area contributed by atoms with Crippen LogP contribution in [0.4, 0.5) is 5.69 Å². The molecule has 1 N–H and O–H groups in total. The van der Waals surface area contributed by atoms with Crippen molar-refractivity contribution in [3.05, 3.63) is 72.4 Å². The number of nitrogens with one attached hydrogen (secondary N) is 1. The predicted octanol–water partition coefficient (Wildman–Crippen LogP) is 3.31. The van der Waals surface area contributed by atoms with Gasteiger partial charge >= 0.3 is 0 Å². The fourth-order valence-corrected chi connectivity index (χ4v) is 2.50. The van der Waals surface area contributed by atoms with Gasteiger partial charge in [-0.05, 0) is 38.1 Å². The first-order chi connectivity index (χ1) is 13.6. The molecule has 0 saturated heterocycles. The lowest BCUT2D eigenvalue weighted by Gasteiger charge is -2.09. The second-order valence-electron chi connectivity index (χ2n) is 5.96. The maximum Gasteiger partial charge on any atom is 0.294 e. The molecule has 28 heavy (non-hydrogen) atoms. The van der Waals surface area contributed by atoms with Crippen LogP contribution >= 0.6 is 0 Å². The lowest BCUT2D eigenvalue weighted by molar-refractivity contribution is 0.0988. The van der Waals surface area contributed by atoms with Crippen LogP contribution in [0, 0.1) is 13.8 Å². The predicted molar refractivity (Wildman–Crippen MR) is 99.6 cm³/mol. The lowest BCUT2D eigenvalue weighted by Crippen LogP contribution is -2.10. The van der Waals surface area contributed by atoms with Gasteiger partial charge in [0.25, 0.3) is 5.91 Å². The topological polar surface area (TPSA) is 108 Å². The van der Waals surface area contributed by atoms with Crippen molar-refractivity contribution < 1.29 is 14.1 Å². The number of imidazole rings is 1. The zero-order valence-electron chi connectivity index (χ0n) is 15.2. The zero-order valence-corrected chi connectivity index (χ0v) is 15.2. The van der Waals surface area contributed by atoms with E-state index in [4.69, 9.17) is 9.26 Å². The van der Waals surface area contributed by atoms with Crippen LogP contribution in [-0.4, -0.2) is 30.6 Å². The molecule has 140 valence electrons. The molecule has 0 fully saturated rings. The summed E-state index contributed by atoms with van der Waals surface area (Å²) >= 11 is 0. The van der Waals surface area contributed by atoms with E-state index in [1.807, 2.05) is 18.4 Å². The molecule has 0 aliphatic carbocycles. The van der Waals surface area contributed by atoms with E-state index < -0.39 is 0 Å². The Kier molecular flexibility index (Phi) is 4.55. The molecule has 1 amide bonds. The van der Waals surface area contributed by atoms with Crippen LogP contribution in [0.5, 0.6) is 11.6 Å². The minimum absolute atomic E-state index is 0.138. The first-order valence-corrected chi connectivity index (χ1v) is 8.43. The van der Waals surface area contributed by atoms with Gasteiger partial charge in [0, 0.05) is 23.5 Å². The highest BCUT2D eigenvalue weighted by molar-refractivity contribution is 6.02. The highest BCUT2D eigenvalue weighted by atomic mass is 16.5. The molecule has 0 spiro atoms. The fraction of sp³-hybridized carbons (Fsp3) is 0.105. The average Bonchev–Trinajstić information content (AvgIpc) is 3.35. The summed E-state index contributed by atoms with van der Waals surface area (Å²) < 4.78 is 12.5. The zero-order chi connectivity index (χ0) is 19.5. The maximum atomic E-state index is 12.0. The van der Waals surface area contributed by atoms with Gasteiger partial charge < -0.3 is 14.6 Å². The van der Waals surface area contributed by atoms with Crippen LogP contribution in [0.2, 0.25) is 0 Å². The Balaban J connectivity index is 1.47. The number of anilines is 1. The summed E-state index contributed by atoms with van der Waals surface area (Å²) in [7, 11) is 0. The Bertz CT molecular complexity index is 1100. The molecule has 0 radical (unpaired) electrons. The number of amides is 1. The van der Waals surface area contributed by atoms with Gasteiger partial charge in [-0.15, -0.1) is 0 Å². The van der Waals surface area contributed by atoms with E-state index in [1.165, 1.54) is 18.6 Å². The van der Waals surface area contributed by atoms with Crippen LogP contribution in [-0.2, 0) is 0 Å². The van der Waals surface area contributed by atoms with Gasteiger partial charge in [-0.2, -0.15) is 0 Å². The third kappa shape index (κ3) is 3.58. The third-order valence-electron chi connectivity index (χ3n) is 4.12. The first kappa shape index (κ1) is 17.4. The molecular weight excluding hydrogens is 360 g/mol. The number of ether oxygens (including phenoxy) is 1. The molecule has 4 rings (SSSR count). The molecule has 3 heterocycles. The smallest absolute Gasteiger partial charge is 0.294 e. The summed E-state index contributed by atoms with van der Waals surface area (Å²) in [6, 6.07) is 10.1. The van der Waals surface area contributed by atoms with E-state index in [1.54, 1.807) is 36.7 Å². The standard InChI is InChI=1S/C19H16N6O3/c1-12-13(2)25(11-22-12)17-9-18(21-10-20-17)27-15-5-3-14(4-6-15)24-19(26)16-7-8-23-28-16/h3-11H,1-2H3,(H,24,26). The van der Waals surface area contributed by atoms with Crippen LogP contribution in [0.25, 0.3) is 5.82 Å². The number of hydrogen-bond donors (Lipinski definition) is 1. The van der Waals surface area contributed by atoms with Gasteiger partial charge in [-0.1, -0.05) is 5.16 Å². The van der Waals surface area contributed by atoms with E-state index in [2.05, 4.69) is 25.4 Å². The van der Waals surface area contributed by atoms with Gasteiger partial charge in [0.2, 0.25) is 11.6 Å². The van der Waals surface area contributed by atoms with Crippen LogP contribution in [0.15, 0.2) is 59.8 Å². The normalized spacial score (nSPS) is 10.6. The molecule has 0 bridgehead atoms. The van der Waals surface area contributed by atoms with Crippen molar-refractivity contribution in [1.29, 1.82) is 0 Å². The van der Waals surface area contributed by atoms with Crippen molar-refractivity contribution in [3.63, 3.8) is 0 Å². The molecule has 0 aliphatic heterocycles. The monoisotopic (exact) mass is 376 g/mol. The highest BCUT2D eigenvalue weighted by Crippen LogP contribution is 2.23. The quantitative estimate of drug-likeness (QED) is 0.569. The van der Waals surface area contributed by atoms with Crippen LogP contribution in [0.1, 0.15) is 21.9 Å². The molecule has 0 aliphatic rings. The van der Waals surface area contributed by atoms with E-state index in [-0.39, 0.29) is 11.7 Å². The Morgan fingerprint density at radius 1 is 1.11 bits per heavy atom. The average molecular weight is 376 g/mol. The van der Waals surface area contributed by atoms with Gasteiger partial charge in [-0.3, -0.25) is 9.36 Å². The Hall–Kier alpha value is -4.01. The maximum absolute atomic E-state index is 12.0. The molecule has 9 nitrogen and oxygen atoms in total. The summed E-state index contributed by atoms with van der Waals surface area (Å²) in [5.74, 6) is 1.39. The van der Waals surface area contributed by atoms with Crippen LogP contribution < -0.4 is 10.1 Å². The minimum Gasteiger partial charge on any atom is -0.439 e. The fourth-order valence-electron chi connectivity index (χ4n) is 2.50. The lowest BCUT2D eigenvalue weighted by atomic mass is 10.3. The number of rotatable bonds is 5. The third-order valence-corrected chi connectivity index (χ3v) is 4.12. The van der Waals surface area contributed by atoms with E-state index in [0.29, 0.717) is 23.1 Å². The summed E-state index contributed by atoms with van der Waals surface area (Å²) in [5.41, 5.74) is 2.53. The highest BCUT2D eigenvalue weighted by Gasteiger charge is 2.11. The second-order valence-corrected chi connectivity index (χ2v) is 5.96. The Morgan fingerprint density at radius 3 is 2.61 bits per heavy atom. The molecule has 0 atom stereocenters. The summed E-state index contributed by atoms with van der Waals surface area (Å²) in [6.45, 7) is 3.91. The Morgan fingerprint density at radius 2 is 1.93 bits per heavy atom. The number of carbonyl (C=O) groups is 1. The molecule has 1 aromatic carbocycles. The van der Waals surface area contributed by atoms with E-state index >= 15 is 0 Å². The van der Waals surface area contributed by atoms with E-state index in [9.17, 15) is 4.79 Å². The Labute approximate surface area is 160 Å². The van der Waals surface area contributed by atoms with Crippen molar-refractivity contribution in [2.24, 2.45) is 0 Å². The largest absolute Gasteiger partial charge is 0.439 e. The second kappa shape index (κ2) is 7.31. The molecule has 3 aromatic heterocycles. The molecule has 0 saturated carbocycles. The van der Waals surface area contributed by atoms with Crippen molar-refractivity contribution in [2.75, 3.05) is 5.32 Å². The van der Waals surface area contributed by atoms with Gasteiger partial charge in [-0.25, -0.2) is 15.0 Å². The van der Waals surface area contributed by atoms with Crippen molar-refractivity contribution >= 4 is 11.6 Å². The number of hydrogen-bond acceptors (Lipinski definition) is 7. The number of nitrogens with zero attached hydrogens (tertiary/aromatic N) is 5. The van der Waals surface area contributed by atoms with Crippen molar-refractivity contribution in [2.45, 2.75) is 13.8 Å². The number of aryl methyl sites for hydroxylation is 1. The SMILES string of the molecule is Cc1ncn(-c2cc(Oc3ccc(NC(=O)c4ccno4)cc3)ncn2)c1C. The van der Waals surface area contributed by atoms with Gasteiger partial charge in [0.05, 0.1) is 11.9 Å². The first-order valence-electron chi connectivity index (χ1n) is 8.43. The number of carbonyl (C=O) groups excluding carboxylic acids is 1. The minimum atomic E-state index is -0.377. The van der Waals surface area contributed by atoms with Gasteiger partial charge in [0.1, 0.15) is 24.2 Å². The molecule has 0 unspecified atom stereocenters.